The summed E-state index contributed by atoms with van der Waals surface area (Å²) in [5.74, 6) is 1.28. The molecule has 0 heterocycles. The first kappa shape index (κ1) is 27.1. The molecule has 0 saturated carbocycles. The maximum absolute atomic E-state index is 12.3. The van der Waals surface area contributed by atoms with E-state index in [9.17, 15) is 9.59 Å². The Morgan fingerprint density at radius 1 is 0.771 bits per heavy atom. The van der Waals surface area contributed by atoms with Gasteiger partial charge in [0, 0.05) is 23.8 Å². The number of benzene rings is 3. The minimum absolute atomic E-state index is 0.0950. The number of hydrogen-bond donors (Lipinski definition) is 0. The van der Waals surface area contributed by atoms with Crippen LogP contribution in [-0.2, 0) is 19.9 Å². The molecule has 4 nitrogen and oxygen atoms in total. The van der Waals surface area contributed by atoms with Crippen molar-refractivity contribution in [3.05, 3.63) is 102 Å². The van der Waals surface area contributed by atoms with Gasteiger partial charge in [0.05, 0.1) is 13.7 Å². The number of hydrogen-bond acceptors (Lipinski definition) is 6. The number of methoxy groups -OCH3 is 1. The molecule has 0 aliphatic rings. The number of carbonyl (C=O) groups is 2. The van der Waals surface area contributed by atoms with E-state index in [1.807, 2.05) is 74.5 Å². The van der Waals surface area contributed by atoms with E-state index >= 15 is 0 Å². The zero-order valence-corrected chi connectivity index (χ0v) is 22.1. The Bertz CT molecular complexity index is 1030. The van der Waals surface area contributed by atoms with Crippen molar-refractivity contribution >= 4 is 33.8 Å². The molecule has 0 radical (unpaired) electrons. The smallest absolute Gasteiger partial charge is 0.189 e. The van der Waals surface area contributed by atoms with Gasteiger partial charge in [0.25, 0.3) is 0 Å². The highest BCUT2D eigenvalue weighted by Gasteiger charge is 2.38. The van der Waals surface area contributed by atoms with E-state index in [0.29, 0.717) is 25.2 Å². The molecule has 0 aliphatic carbocycles. The van der Waals surface area contributed by atoms with Crippen LogP contribution in [0.1, 0.15) is 43.4 Å². The molecule has 0 N–H and O–H groups in total. The first-order valence-electron chi connectivity index (χ1n) is 11.8. The molecule has 184 valence electrons. The lowest BCUT2D eigenvalue weighted by molar-refractivity contribution is -0.111. The fraction of sp³-hybridized carbons (Fsp3) is 0.310. The van der Waals surface area contributed by atoms with Gasteiger partial charge in [-0.2, -0.15) is 0 Å². The van der Waals surface area contributed by atoms with E-state index in [0.717, 1.165) is 22.4 Å². The molecular formula is C29H32O4S2. The summed E-state index contributed by atoms with van der Waals surface area (Å²) in [6.45, 7) is 4.01. The minimum atomic E-state index is -0.901. The van der Waals surface area contributed by atoms with E-state index in [4.69, 9.17) is 9.47 Å². The standard InChI is InChI=1S/C29H32O4S2/c1-4-27(30)34-21-26(35-28(31)5-2)20-33-29(22-12-8-6-9-13-22,23-14-10-7-11-15-23)24-16-18-25(32-3)19-17-24/h6-19,26H,4-5,20-21H2,1-3H3/t26-/m0/s1. The van der Waals surface area contributed by atoms with E-state index in [1.165, 1.54) is 23.5 Å². The molecule has 6 heteroatoms. The second-order valence-electron chi connectivity index (χ2n) is 7.95. The van der Waals surface area contributed by atoms with Crippen molar-refractivity contribution in [3.8, 4) is 5.75 Å². The third kappa shape index (κ3) is 7.00. The van der Waals surface area contributed by atoms with Crippen molar-refractivity contribution in [3.63, 3.8) is 0 Å². The van der Waals surface area contributed by atoms with Gasteiger partial charge < -0.3 is 9.47 Å². The van der Waals surface area contributed by atoms with Gasteiger partial charge in [-0.1, -0.05) is 110 Å². The topological polar surface area (TPSA) is 52.6 Å². The van der Waals surface area contributed by atoms with Gasteiger partial charge in [0.1, 0.15) is 11.4 Å². The molecule has 0 bridgehead atoms. The van der Waals surface area contributed by atoms with Crippen LogP contribution in [-0.4, -0.2) is 35.0 Å². The zero-order valence-electron chi connectivity index (χ0n) is 20.4. The van der Waals surface area contributed by atoms with Gasteiger partial charge in [-0.25, -0.2) is 0 Å². The first-order chi connectivity index (χ1) is 17.0. The highest BCUT2D eigenvalue weighted by molar-refractivity contribution is 8.17. The zero-order chi connectivity index (χ0) is 25.1. The summed E-state index contributed by atoms with van der Waals surface area (Å²) >= 11 is 2.54. The van der Waals surface area contributed by atoms with Crippen molar-refractivity contribution < 1.29 is 19.1 Å². The molecule has 1 atom stereocenters. The molecule has 3 rings (SSSR count). The first-order valence-corrected chi connectivity index (χ1v) is 13.6. The maximum Gasteiger partial charge on any atom is 0.189 e. The van der Waals surface area contributed by atoms with Crippen molar-refractivity contribution in [2.24, 2.45) is 0 Å². The molecule has 0 aromatic heterocycles. The molecule has 0 saturated heterocycles. The fourth-order valence-electron chi connectivity index (χ4n) is 3.81. The highest BCUT2D eigenvalue weighted by Crippen LogP contribution is 2.41. The second-order valence-corrected chi connectivity index (χ2v) is 10.4. The Balaban J connectivity index is 2.07. The summed E-state index contributed by atoms with van der Waals surface area (Å²) in [6.07, 6.45) is 0.906. The normalized spacial score (nSPS) is 12.2. The third-order valence-corrected chi connectivity index (χ3v) is 8.23. The van der Waals surface area contributed by atoms with E-state index in [-0.39, 0.29) is 15.5 Å². The Morgan fingerprint density at radius 2 is 1.29 bits per heavy atom. The Labute approximate surface area is 216 Å². The molecule has 3 aromatic carbocycles. The summed E-state index contributed by atoms with van der Waals surface area (Å²) < 4.78 is 12.3. The molecule has 0 spiro atoms. The summed E-state index contributed by atoms with van der Waals surface area (Å²) in [6, 6.07) is 28.1. The average molecular weight is 509 g/mol. The van der Waals surface area contributed by atoms with Crippen LogP contribution in [0.15, 0.2) is 84.9 Å². The lowest BCUT2D eigenvalue weighted by Crippen LogP contribution is -2.36. The summed E-state index contributed by atoms with van der Waals surface area (Å²) in [4.78, 5) is 24.4. The number of carbonyl (C=O) groups excluding carboxylic acids is 2. The maximum atomic E-state index is 12.3. The summed E-state index contributed by atoms with van der Waals surface area (Å²) in [5, 5.41) is 0.0534. The molecule has 0 fully saturated rings. The molecular weight excluding hydrogens is 476 g/mol. The molecule has 3 aromatic rings. The second kappa shape index (κ2) is 13.5. The Hall–Kier alpha value is -2.54. The minimum Gasteiger partial charge on any atom is -0.497 e. The van der Waals surface area contributed by atoms with Gasteiger partial charge >= 0.3 is 0 Å². The molecule has 0 unspecified atom stereocenters. The van der Waals surface area contributed by atoms with Crippen molar-refractivity contribution in [2.45, 2.75) is 37.5 Å². The van der Waals surface area contributed by atoms with E-state index in [1.54, 1.807) is 7.11 Å². The summed E-state index contributed by atoms with van der Waals surface area (Å²) in [7, 11) is 1.65. The van der Waals surface area contributed by atoms with Crippen LogP contribution in [0.5, 0.6) is 5.75 Å². The van der Waals surface area contributed by atoms with Crippen molar-refractivity contribution in [2.75, 3.05) is 19.5 Å². The van der Waals surface area contributed by atoms with Gasteiger partial charge in [-0.3, -0.25) is 9.59 Å². The predicted molar refractivity (Wildman–Crippen MR) is 146 cm³/mol. The summed E-state index contributed by atoms with van der Waals surface area (Å²) in [5.41, 5.74) is 2.03. The third-order valence-electron chi connectivity index (χ3n) is 5.65. The number of rotatable bonds is 12. The molecule has 0 aliphatic heterocycles. The monoisotopic (exact) mass is 508 g/mol. The molecule has 0 amide bonds. The van der Waals surface area contributed by atoms with Crippen LogP contribution in [0.2, 0.25) is 0 Å². The van der Waals surface area contributed by atoms with Gasteiger partial charge in [0.2, 0.25) is 0 Å². The number of thioether (sulfide) groups is 2. The van der Waals surface area contributed by atoms with Crippen LogP contribution >= 0.6 is 23.5 Å². The lowest BCUT2D eigenvalue weighted by atomic mass is 9.80. The highest BCUT2D eigenvalue weighted by atomic mass is 32.2. The molecule has 35 heavy (non-hydrogen) atoms. The average Bonchev–Trinajstić information content (AvgIpc) is 2.93. The van der Waals surface area contributed by atoms with E-state index in [2.05, 4.69) is 24.3 Å². The lowest BCUT2D eigenvalue weighted by Gasteiger charge is -2.37. The Morgan fingerprint density at radius 3 is 1.77 bits per heavy atom. The van der Waals surface area contributed by atoms with Gasteiger partial charge in [-0.15, -0.1) is 0 Å². The van der Waals surface area contributed by atoms with Crippen LogP contribution in [0.4, 0.5) is 0 Å². The SMILES string of the molecule is CCC(=O)SC[C@H](COC(c1ccccc1)(c1ccccc1)c1ccc(OC)cc1)SC(=O)CC. The number of ether oxygens (including phenoxy) is 2. The quantitative estimate of drug-likeness (QED) is 0.253. The largest absolute Gasteiger partial charge is 0.497 e. The van der Waals surface area contributed by atoms with Crippen molar-refractivity contribution in [1.82, 2.24) is 0 Å². The predicted octanol–water partition coefficient (Wildman–Crippen LogP) is 6.71. The van der Waals surface area contributed by atoms with E-state index < -0.39 is 5.60 Å². The van der Waals surface area contributed by atoms with Gasteiger partial charge in [0.15, 0.2) is 10.2 Å². The fourth-order valence-corrected chi connectivity index (χ4v) is 5.64. The van der Waals surface area contributed by atoms with Gasteiger partial charge in [-0.05, 0) is 28.8 Å². The van der Waals surface area contributed by atoms with Crippen LogP contribution in [0, 0.1) is 0 Å². The van der Waals surface area contributed by atoms with Crippen LogP contribution < -0.4 is 4.74 Å². The van der Waals surface area contributed by atoms with Crippen LogP contribution in [0.25, 0.3) is 0 Å². The van der Waals surface area contributed by atoms with Crippen LogP contribution in [0.3, 0.4) is 0 Å². The Kier molecular flexibility index (Phi) is 10.5. The van der Waals surface area contributed by atoms with Crippen molar-refractivity contribution in [1.29, 1.82) is 0 Å².